The number of nitrogens with one attached hydrogen (secondary N) is 2. The fraction of sp³-hybridized carbons (Fsp3) is 0.353. The molecule has 2 N–H and O–H groups in total. The van der Waals surface area contributed by atoms with Gasteiger partial charge in [0.15, 0.2) is 0 Å². The molecule has 0 spiro atoms. The third-order valence-electron chi connectivity index (χ3n) is 3.92. The van der Waals surface area contributed by atoms with Crippen molar-refractivity contribution in [2.75, 3.05) is 0 Å². The number of halogens is 3. The molecular weight excluding hydrogens is 367 g/mol. The summed E-state index contributed by atoms with van der Waals surface area (Å²) in [6.07, 6.45) is 1.87. The number of benzene rings is 1. The van der Waals surface area contributed by atoms with Gasteiger partial charge < -0.3 is 10.3 Å². The van der Waals surface area contributed by atoms with Crippen molar-refractivity contribution in [2.24, 2.45) is 0 Å². The number of carbonyl (C=O) groups is 1. The molecule has 1 atom stereocenters. The number of amides is 1. The minimum absolute atomic E-state index is 0.0340. The van der Waals surface area contributed by atoms with Gasteiger partial charge in [-0.25, -0.2) is 4.98 Å². The number of hydrogen-bond donors (Lipinski definition) is 2. The normalized spacial score (nSPS) is 15.5. The summed E-state index contributed by atoms with van der Waals surface area (Å²) in [6, 6.07) is 6.45. The molecule has 0 saturated heterocycles. The second-order valence-corrected chi connectivity index (χ2v) is 7.24. The van der Waals surface area contributed by atoms with E-state index in [9.17, 15) is 22.8 Å². The van der Waals surface area contributed by atoms with Crippen LogP contribution in [0.5, 0.6) is 0 Å². The number of H-pyrrole nitrogens is 1. The number of hydrogen-bond acceptors (Lipinski definition) is 4. The Morgan fingerprint density at radius 3 is 2.54 bits per heavy atom. The second-order valence-electron chi connectivity index (χ2n) is 6.10. The highest BCUT2D eigenvalue weighted by molar-refractivity contribution is 8.00. The Kier molecular flexibility index (Phi) is 5.08. The molecule has 2 aromatic rings. The molecule has 1 saturated carbocycles. The van der Waals surface area contributed by atoms with Gasteiger partial charge in [-0.3, -0.25) is 9.59 Å². The maximum Gasteiger partial charge on any atom is 0.446 e. The number of aromatic nitrogens is 2. The molecule has 26 heavy (non-hydrogen) atoms. The Hall–Kier alpha value is -2.29. The molecule has 1 aliphatic carbocycles. The van der Waals surface area contributed by atoms with Crippen molar-refractivity contribution in [2.45, 2.75) is 42.1 Å². The third kappa shape index (κ3) is 4.87. The van der Waals surface area contributed by atoms with E-state index in [2.05, 4.69) is 15.3 Å². The molecule has 1 aromatic heterocycles. The lowest BCUT2D eigenvalue weighted by Gasteiger charge is -2.15. The highest BCUT2D eigenvalue weighted by Crippen LogP contribution is 2.38. The van der Waals surface area contributed by atoms with Crippen LogP contribution in [0.25, 0.3) is 0 Å². The van der Waals surface area contributed by atoms with Crippen LogP contribution in [0, 0.1) is 0 Å². The first-order valence-corrected chi connectivity index (χ1v) is 8.81. The van der Waals surface area contributed by atoms with Crippen LogP contribution in [0.1, 0.15) is 53.6 Å². The van der Waals surface area contributed by atoms with E-state index >= 15 is 0 Å². The van der Waals surface area contributed by atoms with E-state index in [1.807, 2.05) is 0 Å². The summed E-state index contributed by atoms with van der Waals surface area (Å²) in [5, 5.41) is 2.71. The first-order valence-electron chi connectivity index (χ1n) is 7.99. The number of carbonyl (C=O) groups excluding carboxylic acids is 1. The van der Waals surface area contributed by atoms with Gasteiger partial charge in [0, 0.05) is 16.9 Å². The molecule has 1 heterocycles. The van der Waals surface area contributed by atoms with Crippen molar-refractivity contribution in [1.82, 2.24) is 15.3 Å². The van der Waals surface area contributed by atoms with Gasteiger partial charge in [-0.1, -0.05) is 12.1 Å². The Labute approximate surface area is 151 Å². The van der Waals surface area contributed by atoms with Gasteiger partial charge in [-0.2, -0.15) is 13.2 Å². The van der Waals surface area contributed by atoms with Crippen LogP contribution in [0.4, 0.5) is 13.2 Å². The summed E-state index contributed by atoms with van der Waals surface area (Å²) >= 11 is -0.192. The summed E-state index contributed by atoms with van der Waals surface area (Å²) in [7, 11) is 0. The zero-order valence-electron chi connectivity index (χ0n) is 13.8. The lowest BCUT2D eigenvalue weighted by atomic mass is 10.1. The summed E-state index contributed by atoms with van der Waals surface area (Å²) in [6.45, 7) is 1.71. The standard InChI is InChI=1S/C17H16F3N3O2S/c1-9(10-4-6-12(7-5-10)26-17(18,19)20)21-16(25)13-8-14(24)23-15(22-13)11-2-3-11/h4-9,11H,2-3H2,1H3,(H,21,25)(H,22,23,24)/t9-/m1/s1. The van der Waals surface area contributed by atoms with Gasteiger partial charge in [0.2, 0.25) is 0 Å². The van der Waals surface area contributed by atoms with E-state index in [0.717, 1.165) is 18.9 Å². The lowest BCUT2D eigenvalue weighted by Crippen LogP contribution is -2.29. The zero-order valence-corrected chi connectivity index (χ0v) is 14.6. The van der Waals surface area contributed by atoms with E-state index in [1.165, 1.54) is 24.3 Å². The lowest BCUT2D eigenvalue weighted by molar-refractivity contribution is -0.0328. The molecule has 1 aliphatic rings. The van der Waals surface area contributed by atoms with Crippen LogP contribution in [0.15, 0.2) is 40.0 Å². The fourth-order valence-electron chi connectivity index (χ4n) is 2.46. The largest absolute Gasteiger partial charge is 0.446 e. The Morgan fingerprint density at radius 1 is 1.31 bits per heavy atom. The van der Waals surface area contributed by atoms with Crippen LogP contribution in [-0.2, 0) is 0 Å². The predicted octanol–water partition coefficient (Wildman–Crippen LogP) is 3.75. The molecule has 0 bridgehead atoms. The van der Waals surface area contributed by atoms with Gasteiger partial charge in [0.25, 0.3) is 11.5 Å². The Balaban J connectivity index is 1.68. The van der Waals surface area contributed by atoms with Crippen LogP contribution in [-0.4, -0.2) is 21.4 Å². The Bertz CT molecular complexity index is 861. The smallest absolute Gasteiger partial charge is 0.344 e. The minimum atomic E-state index is -4.34. The van der Waals surface area contributed by atoms with Gasteiger partial charge in [0.1, 0.15) is 11.5 Å². The molecule has 0 aliphatic heterocycles. The summed E-state index contributed by atoms with van der Waals surface area (Å²) in [5.74, 6) is 0.217. The van der Waals surface area contributed by atoms with Crippen molar-refractivity contribution in [3.8, 4) is 0 Å². The number of aromatic amines is 1. The van der Waals surface area contributed by atoms with Gasteiger partial charge in [-0.05, 0) is 49.2 Å². The van der Waals surface area contributed by atoms with E-state index < -0.39 is 17.5 Å². The summed E-state index contributed by atoms with van der Waals surface area (Å²) in [5.41, 5.74) is -4.04. The van der Waals surface area contributed by atoms with E-state index in [0.29, 0.717) is 11.4 Å². The topological polar surface area (TPSA) is 74.8 Å². The highest BCUT2D eigenvalue weighted by atomic mass is 32.2. The zero-order chi connectivity index (χ0) is 18.9. The maximum atomic E-state index is 12.4. The van der Waals surface area contributed by atoms with Gasteiger partial charge in [-0.15, -0.1) is 0 Å². The third-order valence-corrected chi connectivity index (χ3v) is 4.66. The molecule has 1 aromatic carbocycles. The molecule has 1 amide bonds. The van der Waals surface area contributed by atoms with Crippen molar-refractivity contribution >= 4 is 17.7 Å². The van der Waals surface area contributed by atoms with Crippen LogP contribution in [0.3, 0.4) is 0 Å². The predicted molar refractivity (Wildman–Crippen MR) is 91.1 cm³/mol. The molecule has 138 valence electrons. The van der Waals surface area contributed by atoms with Crippen molar-refractivity contribution in [3.63, 3.8) is 0 Å². The van der Waals surface area contributed by atoms with E-state index in [-0.39, 0.29) is 33.8 Å². The molecule has 0 radical (unpaired) electrons. The summed E-state index contributed by atoms with van der Waals surface area (Å²) in [4.78, 5) is 30.9. The van der Waals surface area contributed by atoms with Crippen LogP contribution >= 0.6 is 11.8 Å². The quantitative estimate of drug-likeness (QED) is 0.771. The minimum Gasteiger partial charge on any atom is -0.344 e. The summed E-state index contributed by atoms with van der Waals surface area (Å²) < 4.78 is 37.1. The number of rotatable bonds is 5. The number of thioether (sulfide) groups is 1. The SMILES string of the molecule is C[C@@H](NC(=O)c1cc(=O)[nH]c(C2CC2)n1)c1ccc(SC(F)(F)F)cc1. The number of alkyl halides is 3. The first-order chi connectivity index (χ1) is 12.2. The molecular formula is C17H16F3N3O2S. The first kappa shape index (κ1) is 18.5. The van der Waals surface area contributed by atoms with Crippen molar-refractivity contribution in [3.05, 3.63) is 57.8 Å². The second kappa shape index (κ2) is 7.14. The average Bonchev–Trinajstić information content (AvgIpc) is 3.38. The van der Waals surface area contributed by atoms with E-state index in [1.54, 1.807) is 6.92 Å². The van der Waals surface area contributed by atoms with Crippen LogP contribution < -0.4 is 10.9 Å². The van der Waals surface area contributed by atoms with E-state index in [4.69, 9.17) is 0 Å². The van der Waals surface area contributed by atoms with Crippen molar-refractivity contribution < 1.29 is 18.0 Å². The molecule has 0 unspecified atom stereocenters. The molecule has 9 heteroatoms. The average molecular weight is 383 g/mol. The monoisotopic (exact) mass is 383 g/mol. The Morgan fingerprint density at radius 2 is 1.96 bits per heavy atom. The van der Waals surface area contributed by atoms with Gasteiger partial charge >= 0.3 is 5.51 Å². The van der Waals surface area contributed by atoms with Crippen molar-refractivity contribution in [1.29, 1.82) is 0 Å². The fourth-order valence-corrected chi connectivity index (χ4v) is 2.99. The van der Waals surface area contributed by atoms with Gasteiger partial charge in [0.05, 0.1) is 6.04 Å². The molecule has 1 fully saturated rings. The van der Waals surface area contributed by atoms with Crippen LogP contribution in [0.2, 0.25) is 0 Å². The maximum absolute atomic E-state index is 12.4. The number of nitrogens with zero attached hydrogens (tertiary/aromatic N) is 1. The molecule has 5 nitrogen and oxygen atoms in total. The molecule has 3 rings (SSSR count). The highest BCUT2D eigenvalue weighted by Gasteiger charge is 2.29.